The first-order chi connectivity index (χ1) is 10.1. The van der Waals surface area contributed by atoms with Crippen LogP contribution in [0.5, 0.6) is 0 Å². The molecule has 0 saturated carbocycles. The molecule has 0 spiro atoms. The molecule has 1 N–H and O–H groups in total. The molecular weight excluding hydrogens is 271 g/mol. The van der Waals surface area contributed by atoms with Crippen LogP contribution in [0.4, 0.5) is 4.39 Å². The number of benzene rings is 1. The van der Waals surface area contributed by atoms with Crippen molar-refractivity contribution < 1.29 is 14.3 Å². The molecule has 0 radical (unpaired) electrons. The van der Waals surface area contributed by atoms with E-state index < -0.39 is 11.8 Å². The molecule has 0 aliphatic rings. The summed E-state index contributed by atoms with van der Waals surface area (Å²) >= 11 is 0. The van der Waals surface area contributed by atoms with Crippen LogP contribution in [-0.4, -0.2) is 21.0 Å². The van der Waals surface area contributed by atoms with E-state index >= 15 is 0 Å². The number of nitrogens with zero attached hydrogens (tertiary/aromatic N) is 2. The monoisotopic (exact) mass is 288 g/mol. The van der Waals surface area contributed by atoms with Gasteiger partial charge in [-0.1, -0.05) is 25.8 Å². The molecule has 0 amide bonds. The standard InChI is InChI=1S/C16H17FN2O2/c1-2-3-4-5-11-9-18-15(19-10-11)12-6-7-13(16(20)21)14(17)8-12/h6-10H,2-5H2,1H3,(H,20,21). The predicted octanol–water partition coefficient (Wildman–Crippen LogP) is 3.71. The molecule has 1 aromatic carbocycles. The topological polar surface area (TPSA) is 63.1 Å². The van der Waals surface area contributed by atoms with Gasteiger partial charge < -0.3 is 5.11 Å². The molecule has 0 fully saturated rings. The van der Waals surface area contributed by atoms with Crippen LogP contribution in [0, 0.1) is 5.82 Å². The van der Waals surface area contributed by atoms with Crippen molar-refractivity contribution in [3.05, 3.63) is 47.5 Å². The van der Waals surface area contributed by atoms with Gasteiger partial charge in [-0.2, -0.15) is 0 Å². The van der Waals surface area contributed by atoms with Crippen molar-refractivity contribution in [1.82, 2.24) is 9.97 Å². The molecule has 0 unspecified atom stereocenters. The number of aromatic nitrogens is 2. The van der Waals surface area contributed by atoms with Crippen molar-refractivity contribution in [2.45, 2.75) is 32.6 Å². The second-order valence-electron chi connectivity index (χ2n) is 4.87. The number of aromatic carboxylic acids is 1. The van der Waals surface area contributed by atoms with Crippen LogP contribution in [-0.2, 0) is 6.42 Å². The molecule has 1 heterocycles. The van der Waals surface area contributed by atoms with E-state index in [1.165, 1.54) is 18.6 Å². The predicted molar refractivity (Wildman–Crippen MR) is 77.6 cm³/mol. The van der Waals surface area contributed by atoms with Gasteiger partial charge in [-0.25, -0.2) is 19.2 Å². The Balaban J connectivity index is 2.15. The molecule has 0 bridgehead atoms. The zero-order valence-corrected chi connectivity index (χ0v) is 11.8. The molecule has 0 aliphatic carbocycles. The Kier molecular flexibility index (Phi) is 4.98. The first-order valence-corrected chi connectivity index (χ1v) is 6.96. The van der Waals surface area contributed by atoms with Crippen molar-refractivity contribution >= 4 is 5.97 Å². The average Bonchev–Trinajstić information content (AvgIpc) is 2.48. The Morgan fingerprint density at radius 3 is 2.52 bits per heavy atom. The number of hydrogen-bond donors (Lipinski definition) is 1. The van der Waals surface area contributed by atoms with Gasteiger partial charge >= 0.3 is 5.97 Å². The molecule has 0 atom stereocenters. The van der Waals surface area contributed by atoms with Crippen molar-refractivity contribution in [3.63, 3.8) is 0 Å². The third kappa shape index (κ3) is 3.84. The van der Waals surface area contributed by atoms with E-state index in [0.29, 0.717) is 11.4 Å². The highest BCUT2D eigenvalue weighted by Crippen LogP contribution is 2.19. The average molecular weight is 288 g/mol. The number of halogens is 1. The van der Waals surface area contributed by atoms with E-state index in [2.05, 4.69) is 16.9 Å². The van der Waals surface area contributed by atoms with Crippen LogP contribution in [0.3, 0.4) is 0 Å². The van der Waals surface area contributed by atoms with Gasteiger partial charge in [0.05, 0.1) is 5.56 Å². The Hall–Kier alpha value is -2.30. The fourth-order valence-electron chi connectivity index (χ4n) is 2.04. The Morgan fingerprint density at radius 2 is 1.95 bits per heavy atom. The van der Waals surface area contributed by atoms with Crippen molar-refractivity contribution in [2.75, 3.05) is 0 Å². The summed E-state index contributed by atoms with van der Waals surface area (Å²) < 4.78 is 13.6. The van der Waals surface area contributed by atoms with Gasteiger partial charge in [-0.05, 0) is 30.5 Å². The Labute approximate surface area is 122 Å². The van der Waals surface area contributed by atoms with E-state index in [1.54, 1.807) is 12.4 Å². The fourth-order valence-corrected chi connectivity index (χ4v) is 2.04. The van der Waals surface area contributed by atoms with Gasteiger partial charge in [0.15, 0.2) is 5.82 Å². The molecule has 110 valence electrons. The largest absolute Gasteiger partial charge is 0.478 e. The van der Waals surface area contributed by atoms with Gasteiger partial charge in [-0.3, -0.25) is 0 Å². The molecule has 5 heteroatoms. The lowest BCUT2D eigenvalue weighted by atomic mass is 10.1. The quantitative estimate of drug-likeness (QED) is 0.823. The molecule has 21 heavy (non-hydrogen) atoms. The van der Waals surface area contributed by atoms with Gasteiger partial charge in [-0.15, -0.1) is 0 Å². The Bertz CT molecular complexity index is 627. The summed E-state index contributed by atoms with van der Waals surface area (Å²) in [5.74, 6) is -1.67. The maximum Gasteiger partial charge on any atom is 0.338 e. The first kappa shape index (κ1) is 15.1. The summed E-state index contributed by atoms with van der Waals surface area (Å²) in [6, 6.07) is 3.89. The highest BCUT2D eigenvalue weighted by molar-refractivity contribution is 5.88. The van der Waals surface area contributed by atoms with E-state index in [0.717, 1.165) is 30.9 Å². The third-order valence-electron chi connectivity index (χ3n) is 3.23. The number of rotatable bonds is 6. The summed E-state index contributed by atoms with van der Waals surface area (Å²) in [7, 11) is 0. The van der Waals surface area contributed by atoms with Crippen LogP contribution in [0.1, 0.15) is 42.1 Å². The van der Waals surface area contributed by atoms with Gasteiger partial charge in [0.2, 0.25) is 0 Å². The molecule has 0 aliphatic heterocycles. The lowest BCUT2D eigenvalue weighted by Gasteiger charge is -2.04. The lowest BCUT2D eigenvalue weighted by molar-refractivity contribution is 0.0692. The summed E-state index contributed by atoms with van der Waals surface area (Å²) in [5.41, 5.74) is 1.17. The minimum Gasteiger partial charge on any atom is -0.478 e. The van der Waals surface area contributed by atoms with Crippen LogP contribution in [0.25, 0.3) is 11.4 Å². The minimum atomic E-state index is -1.29. The number of carbonyl (C=O) groups is 1. The molecular formula is C16H17FN2O2. The van der Waals surface area contributed by atoms with Gasteiger partial charge in [0.1, 0.15) is 5.82 Å². The van der Waals surface area contributed by atoms with E-state index in [4.69, 9.17) is 5.11 Å². The van der Waals surface area contributed by atoms with E-state index in [-0.39, 0.29) is 5.56 Å². The van der Waals surface area contributed by atoms with Crippen LogP contribution >= 0.6 is 0 Å². The summed E-state index contributed by atoms with van der Waals surface area (Å²) in [4.78, 5) is 19.2. The summed E-state index contributed by atoms with van der Waals surface area (Å²) in [6.45, 7) is 2.15. The lowest BCUT2D eigenvalue weighted by Crippen LogP contribution is -2.01. The second kappa shape index (κ2) is 6.92. The maximum atomic E-state index is 13.6. The molecule has 1 aromatic heterocycles. The SMILES string of the molecule is CCCCCc1cnc(-c2ccc(C(=O)O)c(F)c2)nc1. The summed E-state index contributed by atoms with van der Waals surface area (Å²) in [5, 5.41) is 8.79. The molecule has 4 nitrogen and oxygen atoms in total. The Morgan fingerprint density at radius 1 is 1.24 bits per heavy atom. The minimum absolute atomic E-state index is 0.352. The third-order valence-corrected chi connectivity index (χ3v) is 3.23. The number of carboxylic acids is 1. The zero-order valence-electron chi connectivity index (χ0n) is 11.8. The smallest absolute Gasteiger partial charge is 0.338 e. The maximum absolute atomic E-state index is 13.6. The second-order valence-corrected chi connectivity index (χ2v) is 4.87. The van der Waals surface area contributed by atoms with Crippen LogP contribution < -0.4 is 0 Å². The number of unbranched alkanes of at least 4 members (excludes halogenated alkanes) is 2. The molecule has 0 saturated heterocycles. The number of carboxylic acid groups (broad SMARTS) is 1. The van der Waals surface area contributed by atoms with E-state index in [9.17, 15) is 9.18 Å². The fraction of sp³-hybridized carbons (Fsp3) is 0.312. The first-order valence-electron chi connectivity index (χ1n) is 6.96. The van der Waals surface area contributed by atoms with Crippen molar-refractivity contribution in [2.24, 2.45) is 0 Å². The number of aryl methyl sites for hydroxylation is 1. The van der Waals surface area contributed by atoms with Crippen molar-refractivity contribution in [1.29, 1.82) is 0 Å². The summed E-state index contributed by atoms with van der Waals surface area (Å²) in [6.07, 6.45) is 7.83. The van der Waals surface area contributed by atoms with Crippen LogP contribution in [0.2, 0.25) is 0 Å². The molecule has 2 aromatic rings. The van der Waals surface area contributed by atoms with Gasteiger partial charge in [0.25, 0.3) is 0 Å². The van der Waals surface area contributed by atoms with Gasteiger partial charge in [0, 0.05) is 18.0 Å². The highest BCUT2D eigenvalue weighted by atomic mass is 19.1. The van der Waals surface area contributed by atoms with Crippen molar-refractivity contribution in [3.8, 4) is 11.4 Å². The van der Waals surface area contributed by atoms with E-state index in [1.807, 2.05) is 0 Å². The zero-order chi connectivity index (χ0) is 15.2. The number of hydrogen-bond acceptors (Lipinski definition) is 3. The highest BCUT2D eigenvalue weighted by Gasteiger charge is 2.12. The van der Waals surface area contributed by atoms with Crippen LogP contribution in [0.15, 0.2) is 30.6 Å². The molecule has 2 rings (SSSR count). The normalized spacial score (nSPS) is 10.6.